The smallest absolute Gasteiger partial charge is 0.343 e. The van der Waals surface area contributed by atoms with Crippen molar-refractivity contribution in [3.63, 3.8) is 0 Å². The van der Waals surface area contributed by atoms with Crippen LogP contribution in [0.4, 0.5) is 26.3 Å². The maximum Gasteiger partial charge on any atom is 0.410 e. The van der Waals surface area contributed by atoms with E-state index in [1.807, 2.05) is 0 Å². The number of rotatable bonds is 8. The summed E-state index contributed by atoms with van der Waals surface area (Å²) in [7, 11) is 0. The second kappa shape index (κ2) is 11.3. The molecule has 0 aliphatic heterocycles. The molecule has 1 atom stereocenters. The van der Waals surface area contributed by atoms with Crippen LogP contribution in [0, 0.1) is 0 Å². The van der Waals surface area contributed by atoms with Gasteiger partial charge in [-0.2, -0.15) is 26.3 Å². The van der Waals surface area contributed by atoms with Gasteiger partial charge in [0.15, 0.2) is 17.5 Å². The molecule has 0 fully saturated rings. The number of aromatic nitrogens is 7. The Hall–Kier alpha value is -3.92. The molecule has 1 aromatic carbocycles. The predicted molar refractivity (Wildman–Crippen MR) is 129 cm³/mol. The van der Waals surface area contributed by atoms with Gasteiger partial charge in [-0.05, 0) is 36.4 Å². The van der Waals surface area contributed by atoms with Crippen molar-refractivity contribution in [1.82, 2.24) is 39.4 Å². The Morgan fingerprint density at radius 3 is 2.33 bits per heavy atom. The maximum atomic E-state index is 13.8. The number of halogens is 8. The van der Waals surface area contributed by atoms with Crippen molar-refractivity contribution in [2.75, 3.05) is 0 Å². The summed E-state index contributed by atoms with van der Waals surface area (Å²) in [5.41, 5.74) is -0.905. The molecule has 4 rings (SSSR count). The third-order valence-electron chi connectivity index (χ3n) is 5.27. The van der Waals surface area contributed by atoms with Crippen LogP contribution in [-0.4, -0.2) is 58.4 Å². The molecule has 212 valence electrons. The predicted octanol–water partition coefficient (Wildman–Crippen LogP) is 4.04. The van der Waals surface area contributed by atoms with Crippen LogP contribution < -0.4 is 11.0 Å². The van der Waals surface area contributed by atoms with Crippen LogP contribution in [0.15, 0.2) is 53.7 Å². The van der Waals surface area contributed by atoms with Gasteiger partial charge in [0.2, 0.25) is 5.91 Å². The van der Waals surface area contributed by atoms with Gasteiger partial charge in [-0.1, -0.05) is 23.2 Å². The topological polar surface area (TPSA) is 113 Å². The first-order valence-electron chi connectivity index (χ1n) is 11.1. The Balaban J connectivity index is 1.70. The van der Waals surface area contributed by atoms with Crippen molar-refractivity contribution < 1.29 is 31.1 Å². The molecule has 0 saturated carbocycles. The Morgan fingerprint density at radius 2 is 1.70 bits per heavy atom. The van der Waals surface area contributed by atoms with Crippen LogP contribution in [0.5, 0.6) is 0 Å². The molecular weight excluding hydrogens is 593 g/mol. The summed E-state index contributed by atoms with van der Waals surface area (Å²) >= 11 is 12.0. The number of carbonyl (C=O) groups is 1. The summed E-state index contributed by atoms with van der Waals surface area (Å²) < 4.78 is 81.6. The SMILES string of the molecule is O=C(CC(F)(F)F)NC(Cn1c(-c2ccc(Cl)cc2)nn(Cc2ncn(-c3ncccc3Cl)n2)c1=O)C(F)(F)F. The van der Waals surface area contributed by atoms with Gasteiger partial charge in [0.1, 0.15) is 25.3 Å². The molecule has 10 nitrogen and oxygen atoms in total. The lowest BCUT2D eigenvalue weighted by atomic mass is 10.2. The first-order chi connectivity index (χ1) is 18.7. The van der Waals surface area contributed by atoms with Gasteiger partial charge in [0.05, 0.1) is 11.6 Å². The Labute approximate surface area is 230 Å². The van der Waals surface area contributed by atoms with E-state index in [1.54, 1.807) is 12.1 Å². The van der Waals surface area contributed by atoms with Crippen molar-refractivity contribution in [3.05, 3.63) is 75.3 Å². The molecule has 0 aliphatic carbocycles. The van der Waals surface area contributed by atoms with Gasteiger partial charge in [-0.3, -0.25) is 9.36 Å². The fraction of sp³-hybridized carbons (Fsp3) is 0.273. The highest BCUT2D eigenvalue weighted by molar-refractivity contribution is 6.32. The lowest BCUT2D eigenvalue weighted by Crippen LogP contribution is -2.50. The number of amides is 1. The van der Waals surface area contributed by atoms with E-state index in [0.717, 1.165) is 4.68 Å². The quantitative estimate of drug-likeness (QED) is 0.302. The third-order valence-corrected chi connectivity index (χ3v) is 5.82. The first kappa shape index (κ1) is 29.1. The van der Waals surface area contributed by atoms with Crippen LogP contribution in [-0.2, 0) is 17.9 Å². The minimum Gasteiger partial charge on any atom is -0.343 e. The summed E-state index contributed by atoms with van der Waals surface area (Å²) in [4.78, 5) is 33.0. The standard InChI is InChI=1S/C22H16Cl2F6N8O2/c23-13-5-3-12(4-6-13)18-35-37(10-16-32-11-38(34-16)19-14(24)2-1-7-31-19)20(40)36(18)9-15(22(28,29)30)33-17(39)8-21(25,26)27/h1-7,11,15H,8-10H2,(H,33,39). The molecule has 1 N–H and O–H groups in total. The Morgan fingerprint density at radius 1 is 1.00 bits per heavy atom. The molecular formula is C22H16Cl2F6N8O2. The second-order valence-electron chi connectivity index (χ2n) is 8.25. The average Bonchev–Trinajstić information content (AvgIpc) is 3.43. The summed E-state index contributed by atoms with van der Waals surface area (Å²) in [6.45, 7) is -1.67. The van der Waals surface area contributed by atoms with Crippen LogP contribution in [0.25, 0.3) is 17.2 Å². The second-order valence-corrected chi connectivity index (χ2v) is 9.09. The van der Waals surface area contributed by atoms with E-state index in [9.17, 15) is 35.9 Å². The zero-order chi connectivity index (χ0) is 29.2. The van der Waals surface area contributed by atoms with E-state index in [2.05, 4.69) is 20.2 Å². The van der Waals surface area contributed by atoms with Gasteiger partial charge in [0, 0.05) is 16.8 Å². The molecule has 1 amide bonds. The number of nitrogens with one attached hydrogen (secondary N) is 1. The van der Waals surface area contributed by atoms with Crippen LogP contribution in [0.1, 0.15) is 12.2 Å². The van der Waals surface area contributed by atoms with E-state index in [1.165, 1.54) is 46.8 Å². The third kappa shape index (κ3) is 6.98. The Bertz CT molecular complexity index is 1560. The molecule has 3 heterocycles. The van der Waals surface area contributed by atoms with E-state index in [-0.39, 0.29) is 33.1 Å². The van der Waals surface area contributed by atoms with Gasteiger partial charge >= 0.3 is 18.0 Å². The lowest BCUT2D eigenvalue weighted by molar-refractivity contribution is -0.173. The van der Waals surface area contributed by atoms with Gasteiger partial charge in [-0.25, -0.2) is 24.1 Å². The normalized spacial score (nSPS) is 12.9. The zero-order valence-corrected chi connectivity index (χ0v) is 21.3. The molecule has 0 aliphatic rings. The fourth-order valence-corrected chi connectivity index (χ4v) is 3.85. The summed E-state index contributed by atoms with van der Waals surface area (Å²) in [6.07, 6.45) is -9.67. The van der Waals surface area contributed by atoms with E-state index >= 15 is 0 Å². The van der Waals surface area contributed by atoms with Crippen molar-refractivity contribution in [3.8, 4) is 17.2 Å². The summed E-state index contributed by atoms with van der Waals surface area (Å²) in [5.74, 6) is -1.94. The number of nitrogens with zero attached hydrogens (tertiary/aromatic N) is 7. The number of hydrogen-bond acceptors (Lipinski definition) is 6. The minimum atomic E-state index is -5.21. The van der Waals surface area contributed by atoms with Crippen molar-refractivity contribution in [1.29, 1.82) is 0 Å². The summed E-state index contributed by atoms with van der Waals surface area (Å²) in [6, 6.07) is 5.87. The molecule has 18 heteroatoms. The van der Waals surface area contributed by atoms with Gasteiger partial charge in [0.25, 0.3) is 0 Å². The van der Waals surface area contributed by atoms with E-state index < -0.39 is 49.5 Å². The number of benzene rings is 1. The van der Waals surface area contributed by atoms with Crippen LogP contribution >= 0.6 is 23.2 Å². The van der Waals surface area contributed by atoms with Crippen molar-refractivity contribution in [2.24, 2.45) is 0 Å². The largest absolute Gasteiger partial charge is 0.410 e. The maximum absolute atomic E-state index is 13.8. The molecule has 0 spiro atoms. The highest BCUT2D eigenvalue weighted by Gasteiger charge is 2.43. The highest BCUT2D eigenvalue weighted by Crippen LogP contribution is 2.26. The van der Waals surface area contributed by atoms with Gasteiger partial charge in [-0.15, -0.1) is 10.2 Å². The first-order valence-corrected chi connectivity index (χ1v) is 11.8. The molecule has 0 bridgehead atoms. The molecule has 0 saturated heterocycles. The van der Waals surface area contributed by atoms with E-state index in [0.29, 0.717) is 4.57 Å². The number of pyridine rings is 1. The zero-order valence-electron chi connectivity index (χ0n) is 19.8. The Kier molecular flexibility index (Phi) is 8.20. The molecule has 1 unspecified atom stereocenters. The minimum absolute atomic E-state index is 0.0157. The monoisotopic (exact) mass is 608 g/mol. The van der Waals surface area contributed by atoms with Crippen LogP contribution in [0.3, 0.4) is 0 Å². The van der Waals surface area contributed by atoms with E-state index in [4.69, 9.17) is 23.2 Å². The van der Waals surface area contributed by atoms with Crippen molar-refractivity contribution in [2.45, 2.75) is 37.9 Å². The molecule has 40 heavy (non-hydrogen) atoms. The lowest BCUT2D eigenvalue weighted by Gasteiger charge is -2.22. The molecule has 0 radical (unpaired) electrons. The molecule has 3 aromatic heterocycles. The highest BCUT2D eigenvalue weighted by atomic mass is 35.5. The molecule has 4 aromatic rings. The summed E-state index contributed by atoms with van der Waals surface area (Å²) in [5, 5.41) is 10.1. The fourth-order valence-electron chi connectivity index (χ4n) is 3.51. The van der Waals surface area contributed by atoms with Gasteiger partial charge < -0.3 is 5.32 Å². The van der Waals surface area contributed by atoms with Crippen molar-refractivity contribution >= 4 is 29.1 Å². The number of alkyl halides is 6. The average molecular weight is 609 g/mol. The van der Waals surface area contributed by atoms with Crippen LogP contribution in [0.2, 0.25) is 10.0 Å². The number of carbonyl (C=O) groups excluding carboxylic acids is 1. The number of hydrogen-bond donors (Lipinski definition) is 1.